The van der Waals surface area contributed by atoms with Gasteiger partial charge in [0.15, 0.2) is 5.76 Å². The van der Waals surface area contributed by atoms with Crippen LogP contribution in [-0.2, 0) is 11.3 Å². The highest BCUT2D eigenvalue weighted by Gasteiger charge is 2.23. The zero-order valence-electron chi connectivity index (χ0n) is 13.1. The second kappa shape index (κ2) is 7.28. The van der Waals surface area contributed by atoms with E-state index in [1.807, 2.05) is 37.3 Å². The van der Waals surface area contributed by atoms with E-state index in [4.69, 9.17) is 9.15 Å². The Labute approximate surface area is 135 Å². The van der Waals surface area contributed by atoms with Gasteiger partial charge in [0.1, 0.15) is 0 Å². The molecule has 0 spiro atoms. The summed E-state index contributed by atoms with van der Waals surface area (Å²) in [5.74, 6) is 1.17. The molecule has 2 N–H and O–H groups in total. The maximum Gasteiger partial charge on any atom is 0.315 e. The molecule has 0 bridgehead atoms. The monoisotopic (exact) mass is 315 g/mol. The zero-order chi connectivity index (χ0) is 16.1. The van der Waals surface area contributed by atoms with Crippen LogP contribution in [0.2, 0.25) is 0 Å². The molecule has 1 aliphatic rings. The van der Waals surface area contributed by atoms with Crippen LogP contribution < -0.4 is 10.6 Å². The molecule has 1 aromatic carbocycles. The molecule has 1 aliphatic heterocycles. The van der Waals surface area contributed by atoms with Crippen LogP contribution in [0.15, 0.2) is 40.9 Å². The second-order valence-electron chi connectivity index (χ2n) is 5.65. The first-order chi connectivity index (χ1) is 11.2. The average Bonchev–Trinajstić information content (AvgIpc) is 3.25. The summed E-state index contributed by atoms with van der Waals surface area (Å²) in [6, 6.07) is 9.48. The lowest BCUT2D eigenvalue weighted by Crippen LogP contribution is -2.45. The third-order valence-electron chi connectivity index (χ3n) is 3.89. The Morgan fingerprint density at radius 3 is 2.96 bits per heavy atom. The first kappa shape index (κ1) is 15.6. The van der Waals surface area contributed by atoms with Gasteiger partial charge in [-0.05, 0) is 19.8 Å². The summed E-state index contributed by atoms with van der Waals surface area (Å²) in [5, 5.41) is 5.64. The molecule has 0 unspecified atom stereocenters. The third kappa shape index (κ3) is 4.10. The molecule has 0 radical (unpaired) electrons. The van der Waals surface area contributed by atoms with Crippen LogP contribution in [-0.4, -0.2) is 29.8 Å². The lowest BCUT2D eigenvalue weighted by atomic mass is 10.1. The smallest absolute Gasteiger partial charge is 0.315 e. The topological polar surface area (TPSA) is 76.4 Å². The molecular weight excluding hydrogens is 294 g/mol. The van der Waals surface area contributed by atoms with E-state index in [9.17, 15) is 4.79 Å². The Kier molecular flexibility index (Phi) is 4.92. The summed E-state index contributed by atoms with van der Waals surface area (Å²) in [6.07, 6.45) is 3.81. The number of nitrogens with one attached hydrogen (secondary N) is 2. The van der Waals surface area contributed by atoms with Crippen LogP contribution >= 0.6 is 0 Å². The molecule has 23 heavy (non-hydrogen) atoms. The Morgan fingerprint density at radius 1 is 1.39 bits per heavy atom. The van der Waals surface area contributed by atoms with E-state index in [0.29, 0.717) is 11.7 Å². The van der Waals surface area contributed by atoms with Gasteiger partial charge in [0.2, 0.25) is 5.89 Å². The number of amides is 2. The Bertz CT molecular complexity index is 636. The molecule has 1 aromatic heterocycles. The van der Waals surface area contributed by atoms with Gasteiger partial charge in [0.05, 0.1) is 24.9 Å². The predicted molar refractivity (Wildman–Crippen MR) is 85.7 cm³/mol. The van der Waals surface area contributed by atoms with Crippen molar-refractivity contribution >= 4 is 6.03 Å². The van der Waals surface area contributed by atoms with Gasteiger partial charge in [-0.2, -0.15) is 0 Å². The van der Waals surface area contributed by atoms with Crippen molar-refractivity contribution in [3.8, 4) is 11.3 Å². The number of carbonyl (C=O) groups excluding carboxylic acids is 1. The van der Waals surface area contributed by atoms with Crippen LogP contribution in [0.25, 0.3) is 11.3 Å². The highest BCUT2D eigenvalue weighted by molar-refractivity contribution is 5.74. The van der Waals surface area contributed by atoms with Crippen molar-refractivity contribution in [2.24, 2.45) is 0 Å². The number of aromatic nitrogens is 1. The van der Waals surface area contributed by atoms with Crippen LogP contribution in [0, 0.1) is 0 Å². The van der Waals surface area contributed by atoms with E-state index in [0.717, 1.165) is 25.0 Å². The number of nitrogens with zero attached hydrogens (tertiary/aromatic N) is 1. The molecule has 3 rings (SSSR count). The first-order valence-corrected chi connectivity index (χ1v) is 7.88. The SMILES string of the molecule is C[C@@H](NC(=O)NCc1ncc(-c2ccccc2)o1)[C@H]1CCCO1. The number of hydrogen-bond donors (Lipinski definition) is 2. The van der Waals surface area contributed by atoms with Gasteiger partial charge in [-0.25, -0.2) is 9.78 Å². The van der Waals surface area contributed by atoms with E-state index in [2.05, 4.69) is 15.6 Å². The Morgan fingerprint density at radius 2 is 2.22 bits per heavy atom. The Hall–Kier alpha value is -2.34. The van der Waals surface area contributed by atoms with Gasteiger partial charge >= 0.3 is 6.03 Å². The Balaban J connectivity index is 1.48. The summed E-state index contributed by atoms with van der Waals surface area (Å²) in [7, 11) is 0. The van der Waals surface area contributed by atoms with Gasteiger partial charge < -0.3 is 19.8 Å². The fraction of sp³-hybridized carbons (Fsp3) is 0.412. The fourth-order valence-electron chi connectivity index (χ4n) is 2.63. The quantitative estimate of drug-likeness (QED) is 0.889. The highest BCUT2D eigenvalue weighted by Crippen LogP contribution is 2.19. The largest absolute Gasteiger partial charge is 0.439 e. The number of carbonyl (C=O) groups is 1. The van der Waals surface area contributed by atoms with Crippen LogP contribution in [0.1, 0.15) is 25.7 Å². The lowest BCUT2D eigenvalue weighted by Gasteiger charge is -2.19. The van der Waals surface area contributed by atoms with Crippen molar-refractivity contribution in [1.29, 1.82) is 0 Å². The summed E-state index contributed by atoms with van der Waals surface area (Å²) >= 11 is 0. The molecular formula is C17H21N3O3. The number of urea groups is 1. The van der Waals surface area contributed by atoms with Gasteiger partial charge in [-0.15, -0.1) is 0 Å². The van der Waals surface area contributed by atoms with Gasteiger partial charge in [0, 0.05) is 12.2 Å². The van der Waals surface area contributed by atoms with Crippen molar-refractivity contribution in [2.75, 3.05) is 6.61 Å². The van der Waals surface area contributed by atoms with Crippen molar-refractivity contribution in [2.45, 2.75) is 38.5 Å². The summed E-state index contributed by atoms with van der Waals surface area (Å²) in [4.78, 5) is 16.1. The van der Waals surface area contributed by atoms with Crippen LogP contribution in [0.3, 0.4) is 0 Å². The number of rotatable bonds is 5. The fourth-order valence-corrected chi connectivity index (χ4v) is 2.63. The molecule has 0 aliphatic carbocycles. The number of hydrogen-bond acceptors (Lipinski definition) is 4. The highest BCUT2D eigenvalue weighted by atomic mass is 16.5. The lowest BCUT2D eigenvalue weighted by molar-refractivity contribution is 0.0860. The number of benzene rings is 1. The third-order valence-corrected chi connectivity index (χ3v) is 3.89. The van der Waals surface area contributed by atoms with Crippen LogP contribution in [0.5, 0.6) is 0 Å². The normalized spacial score (nSPS) is 18.6. The maximum atomic E-state index is 11.9. The molecule has 1 fully saturated rings. The van der Waals surface area contributed by atoms with Crippen molar-refractivity contribution < 1.29 is 13.9 Å². The van der Waals surface area contributed by atoms with Crippen LogP contribution in [0.4, 0.5) is 4.79 Å². The minimum absolute atomic E-state index is 0.0121. The molecule has 6 heteroatoms. The molecule has 2 heterocycles. The van der Waals surface area contributed by atoms with E-state index >= 15 is 0 Å². The first-order valence-electron chi connectivity index (χ1n) is 7.88. The zero-order valence-corrected chi connectivity index (χ0v) is 13.1. The van der Waals surface area contributed by atoms with Crippen molar-refractivity contribution in [1.82, 2.24) is 15.6 Å². The second-order valence-corrected chi connectivity index (χ2v) is 5.65. The van der Waals surface area contributed by atoms with E-state index in [-0.39, 0.29) is 24.7 Å². The molecule has 2 amide bonds. The van der Waals surface area contributed by atoms with Gasteiger partial charge in [-0.1, -0.05) is 30.3 Å². The summed E-state index contributed by atoms with van der Waals surface area (Å²) in [6.45, 7) is 2.97. The van der Waals surface area contributed by atoms with Gasteiger partial charge in [0.25, 0.3) is 0 Å². The van der Waals surface area contributed by atoms with Crippen molar-refractivity contribution in [3.05, 3.63) is 42.4 Å². The standard InChI is InChI=1S/C17H21N3O3/c1-12(14-8-5-9-22-14)20-17(21)19-11-16-18-10-15(23-16)13-6-3-2-4-7-13/h2-4,6-7,10,12,14H,5,8-9,11H2,1H3,(H2,19,20,21)/t12-,14-/m1/s1. The molecule has 6 nitrogen and oxygen atoms in total. The molecule has 2 aromatic rings. The van der Waals surface area contributed by atoms with Gasteiger partial charge in [-0.3, -0.25) is 0 Å². The van der Waals surface area contributed by atoms with E-state index in [1.165, 1.54) is 0 Å². The van der Waals surface area contributed by atoms with E-state index in [1.54, 1.807) is 6.20 Å². The molecule has 1 saturated heterocycles. The minimum atomic E-state index is -0.243. The minimum Gasteiger partial charge on any atom is -0.439 e. The maximum absolute atomic E-state index is 11.9. The average molecular weight is 315 g/mol. The molecule has 122 valence electrons. The summed E-state index contributed by atoms with van der Waals surface area (Å²) < 4.78 is 11.2. The molecule has 0 saturated carbocycles. The van der Waals surface area contributed by atoms with Crippen molar-refractivity contribution in [3.63, 3.8) is 0 Å². The van der Waals surface area contributed by atoms with E-state index < -0.39 is 0 Å². The predicted octanol–water partition coefficient (Wildman–Crippen LogP) is 2.71. The molecule has 2 atom stereocenters. The number of oxazole rings is 1. The number of ether oxygens (including phenoxy) is 1. The summed E-state index contributed by atoms with van der Waals surface area (Å²) in [5.41, 5.74) is 0.961.